The molecule has 1 aliphatic rings. The molecule has 0 saturated carbocycles. The molecule has 1 heterocycles. The van der Waals surface area contributed by atoms with Crippen LogP contribution in [0.4, 0.5) is 0 Å². The lowest BCUT2D eigenvalue weighted by molar-refractivity contribution is -0.0155. The lowest BCUT2D eigenvalue weighted by atomic mass is 10.1. The predicted octanol–water partition coefficient (Wildman–Crippen LogP) is 2.79. The highest BCUT2D eigenvalue weighted by atomic mass is 16.6. The number of ether oxygens (including phenoxy) is 3. The van der Waals surface area contributed by atoms with Crippen molar-refractivity contribution in [2.45, 2.75) is 45.3 Å². The normalized spacial score (nSPS) is 22.0. The highest BCUT2D eigenvalue weighted by Crippen LogP contribution is 2.30. The third-order valence-corrected chi connectivity index (χ3v) is 3.88. The van der Waals surface area contributed by atoms with Crippen molar-refractivity contribution in [3.63, 3.8) is 0 Å². The van der Waals surface area contributed by atoms with Crippen LogP contribution >= 0.6 is 0 Å². The van der Waals surface area contributed by atoms with Gasteiger partial charge in [0.15, 0.2) is 11.5 Å². The van der Waals surface area contributed by atoms with Crippen LogP contribution in [0.15, 0.2) is 18.2 Å². The summed E-state index contributed by atoms with van der Waals surface area (Å²) in [4.78, 5) is 0. The standard InChI is InChI=1S/C17H27NO3/c1-4-9-18-14-8-10-20-12-17(14)21-15-7-6-13(5-2)11-16(15)19-3/h6-7,11,14,17-18H,4-5,8-10,12H2,1-3H3. The number of hydrogen-bond donors (Lipinski definition) is 1. The van der Waals surface area contributed by atoms with Gasteiger partial charge in [-0.15, -0.1) is 0 Å². The van der Waals surface area contributed by atoms with E-state index in [9.17, 15) is 0 Å². The summed E-state index contributed by atoms with van der Waals surface area (Å²) in [6, 6.07) is 6.49. The molecule has 2 atom stereocenters. The summed E-state index contributed by atoms with van der Waals surface area (Å²) in [7, 11) is 1.69. The molecule has 0 radical (unpaired) electrons. The van der Waals surface area contributed by atoms with Gasteiger partial charge < -0.3 is 19.5 Å². The minimum atomic E-state index is 0.0340. The fourth-order valence-corrected chi connectivity index (χ4v) is 2.58. The van der Waals surface area contributed by atoms with Gasteiger partial charge in [-0.25, -0.2) is 0 Å². The summed E-state index contributed by atoms with van der Waals surface area (Å²) in [5.41, 5.74) is 1.25. The smallest absolute Gasteiger partial charge is 0.161 e. The monoisotopic (exact) mass is 293 g/mol. The Kier molecular flexibility index (Phi) is 6.33. The SMILES string of the molecule is CCCNC1CCOCC1Oc1ccc(CC)cc1OC. The maximum atomic E-state index is 6.17. The van der Waals surface area contributed by atoms with Crippen LogP contribution in [0.3, 0.4) is 0 Å². The second-order valence-electron chi connectivity index (χ2n) is 5.42. The van der Waals surface area contributed by atoms with E-state index in [4.69, 9.17) is 14.2 Å². The van der Waals surface area contributed by atoms with Crippen molar-refractivity contribution in [2.75, 3.05) is 26.9 Å². The molecule has 0 bridgehead atoms. The molecule has 4 heteroatoms. The van der Waals surface area contributed by atoms with Crippen molar-refractivity contribution in [1.82, 2.24) is 5.32 Å². The van der Waals surface area contributed by atoms with Crippen LogP contribution in [-0.4, -0.2) is 39.0 Å². The van der Waals surface area contributed by atoms with E-state index in [1.807, 2.05) is 12.1 Å². The fourth-order valence-electron chi connectivity index (χ4n) is 2.58. The fraction of sp³-hybridized carbons (Fsp3) is 0.647. The van der Waals surface area contributed by atoms with E-state index in [1.165, 1.54) is 5.56 Å². The molecule has 1 saturated heterocycles. The predicted molar refractivity (Wildman–Crippen MR) is 84.3 cm³/mol. The molecular formula is C17H27NO3. The highest BCUT2D eigenvalue weighted by Gasteiger charge is 2.27. The number of hydrogen-bond acceptors (Lipinski definition) is 4. The lowest BCUT2D eigenvalue weighted by Crippen LogP contribution is -2.49. The van der Waals surface area contributed by atoms with Crippen molar-refractivity contribution in [3.05, 3.63) is 23.8 Å². The van der Waals surface area contributed by atoms with Gasteiger partial charge in [-0.3, -0.25) is 0 Å². The molecule has 4 nitrogen and oxygen atoms in total. The van der Waals surface area contributed by atoms with E-state index < -0.39 is 0 Å². The van der Waals surface area contributed by atoms with Crippen molar-refractivity contribution in [3.8, 4) is 11.5 Å². The molecule has 0 spiro atoms. The topological polar surface area (TPSA) is 39.7 Å². The maximum Gasteiger partial charge on any atom is 0.161 e. The Morgan fingerprint density at radius 1 is 1.29 bits per heavy atom. The van der Waals surface area contributed by atoms with E-state index in [-0.39, 0.29) is 6.10 Å². The van der Waals surface area contributed by atoms with Crippen LogP contribution in [-0.2, 0) is 11.2 Å². The molecule has 1 N–H and O–H groups in total. The van der Waals surface area contributed by atoms with Crippen molar-refractivity contribution in [1.29, 1.82) is 0 Å². The quantitative estimate of drug-likeness (QED) is 0.839. The molecule has 2 unspecified atom stereocenters. The average Bonchev–Trinajstić information content (AvgIpc) is 2.54. The van der Waals surface area contributed by atoms with Gasteiger partial charge in [-0.1, -0.05) is 19.9 Å². The Balaban J connectivity index is 2.07. The first-order valence-corrected chi connectivity index (χ1v) is 7.93. The number of rotatable bonds is 7. The molecule has 1 aliphatic heterocycles. The molecule has 1 fully saturated rings. The van der Waals surface area contributed by atoms with Gasteiger partial charge in [0.2, 0.25) is 0 Å². The molecule has 0 aliphatic carbocycles. The van der Waals surface area contributed by atoms with Crippen molar-refractivity contribution in [2.24, 2.45) is 0 Å². The van der Waals surface area contributed by atoms with Crippen LogP contribution in [0.2, 0.25) is 0 Å². The summed E-state index contributed by atoms with van der Waals surface area (Å²) in [6.07, 6.45) is 3.13. The van der Waals surface area contributed by atoms with E-state index in [1.54, 1.807) is 7.11 Å². The van der Waals surface area contributed by atoms with Crippen LogP contribution in [0.25, 0.3) is 0 Å². The Bertz CT molecular complexity index is 436. The van der Waals surface area contributed by atoms with Crippen LogP contribution in [0.5, 0.6) is 11.5 Å². The minimum Gasteiger partial charge on any atom is -0.493 e. The van der Waals surface area contributed by atoms with Gasteiger partial charge in [-0.05, 0) is 43.5 Å². The molecule has 0 aromatic heterocycles. The molecule has 0 amide bonds. The van der Waals surface area contributed by atoms with E-state index >= 15 is 0 Å². The molecule has 2 rings (SSSR count). The third kappa shape index (κ3) is 4.35. The molecule has 1 aromatic rings. The average molecular weight is 293 g/mol. The Morgan fingerprint density at radius 2 is 2.14 bits per heavy atom. The number of nitrogens with one attached hydrogen (secondary N) is 1. The van der Waals surface area contributed by atoms with Gasteiger partial charge in [0, 0.05) is 12.6 Å². The Hall–Kier alpha value is -1.26. The van der Waals surface area contributed by atoms with E-state index in [2.05, 4.69) is 25.2 Å². The van der Waals surface area contributed by atoms with Gasteiger partial charge in [0.1, 0.15) is 6.10 Å². The van der Waals surface area contributed by atoms with Crippen molar-refractivity contribution >= 4 is 0 Å². The molecular weight excluding hydrogens is 266 g/mol. The van der Waals surface area contributed by atoms with Gasteiger partial charge in [0.05, 0.1) is 13.7 Å². The lowest BCUT2D eigenvalue weighted by Gasteiger charge is -2.33. The van der Waals surface area contributed by atoms with Crippen LogP contribution in [0.1, 0.15) is 32.3 Å². The first kappa shape index (κ1) is 16.1. The highest BCUT2D eigenvalue weighted by molar-refractivity contribution is 5.43. The van der Waals surface area contributed by atoms with E-state index in [0.29, 0.717) is 12.6 Å². The summed E-state index contributed by atoms with van der Waals surface area (Å²) in [5.74, 6) is 1.60. The number of benzene rings is 1. The Labute approximate surface area is 127 Å². The zero-order valence-corrected chi connectivity index (χ0v) is 13.4. The van der Waals surface area contributed by atoms with E-state index in [0.717, 1.165) is 43.9 Å². The zero-order valence-electron chi connectivity index (χ0n) is 13.4. The Morgan fingerprint density at radius 3 is 2.86 bits per heavy atom. The summed E-state index contributed by atoms with van der Waals surface area (Å²) in [6.45, 7) is 6.74. The minimum absolute atomic E-state index is 0.0340. The van der Waals surface area contributed by atoms with Gasteiger partial charge in [-0.2, -0.15) is 0 Å². The summed E-state index contributed by atoms with van der Waals surface area (Å²) >= 11 is 0. The molecule has 21 heavy (non-hydrogen) atoms. The molecule has 1 aromatic carbocycles. The first-order chi connectivity index (χ1) is 10.3. The number of methoxy groups -OCH3 is 1. The number of aryl methyl sites for hydroxylation is 1. The van der Waals surface area contributed by atoms with Gasteiger partial charge >= 0.3 is 0 Å². The second kappa shape index (κ2) is 8.25. The first-order valence-electron chi connectivity index (χ1n) is 7.93. The zero-order chi connectivity index (χ0) is 15.1. The van der Waals surface area contributed by atoms with Gasteiger partial charge in [0.25, 0.3) is 0 Å². The largest absolute Gasteiger partial charge is 0.493 e. The summed E-state index contributed by atoms with van der Waals surface area (Å²) < 4.78 is 17.2. The maximum absolute atomic E-state index is 6.17. The second-order valence-corrected chi connectivity index (χ2v) is 5.42. The molecule has 118 valence electrons. The summed E-state index contributed by atoms with van der Waals surface area (Å²) in [5, 5.41) is 3.56. The third-order valence-electron chi connectivity index (χ3n) is 3.88. The van der Waals surface area contributed by atoms with Crippen LogP contribution in [0, 0.1) is 0 Å². The van der Waals surface area contributed by atoms with Crippen LogP contribution < -0.4 is 14.8 Å². The van der Waals surface area contributed by atoms with Crippen molar-refractivity contribution < 1.29 is 14.2 Å².